The first-order valence-electron chi connectivity index (χ1n) is 32.5. The Balaban J connectivity index is 0.000000323. The lowest BCUT2D eigenvalue weighted by Gasteiger charge is -2.29. The van der Waals surface area contributed by atoms with Crippen LogP contribution in [0.4, 0.5) is 13.2 Å². The van der Waals surface area contributed by atoms with Gasteiger partial charge in [0.05, 0.1) is 46.7 Å². The van der Waals surface area contributed by atoms with E-state index in [2.05, 4.69) is 116 Å². The van der Waals surface area contributed by atoms with Crippen LogP contribution in [0.3, 0.4) is 0 Å². The van der Waals surface area contributed by atoms with Crippen molar-refractivity contribution in [3.05, 3.63) is 136 Å². The molecule has 1 heterocycles. The van der Waals surface area contributed by atoms with Gasteiger partial charge in [-0.05, 0) is 249 Å². The summed E-state index contributed by atoms with van der Waals surface area (Å²) < 4.78 is 99.9. The molecule has 1 saturated carbocycles. The highest BCUT2D eigenvalue weighted by Gasteiger charge is 2.45. The van der Waals surface area contributed by atoms with E-state index in [1.54, 1.807) is 83.2 Å². The predicted octanol–water partition coefficient (Wildman–Crippen LogP) is 19.7. The van der Waals surface area contributed by atoms with E-state index in [1.165, 1.54) is 49.5 Å². The molecule has 14 nitrogen and oxygen atoms in total. The Morgan fingerprint density at radius 3 is 1.45 bits per heavy atom. The minimum atomic E-state index is -5.30. The quantitative estimate of drug-likeness (QED) is 0.0152. The first-order chi connectivity index (χ1) is 44.2. The number of ether oxygens (including phenoxy) is 5. The Morgan fingerprint density at radius 2 is 1.03 bits per heavy atom. The number of fused-ring (bicyclic) bond motifs is 3. The first-order valence-corrected chi connectivity index (χ1v) is 36.4. The molecule has 1 N–H and O–H groups in total. The molecule has 0 amide bonds. The summed E-state index contributed by atoms with van der Waals surface area (Å²) in [6.07, 6.45) is -0.129. The molecule has 0 aliphatic heterocycles. The fraction of sp³-hybridized carbons (Fsp3) is 0.513. The third kappa shape index (κ3) is 26.0. The van der Waals surface area contributed by atoms with Gasteiger partial charge in [-0.15, -0.1) is 0 Å². The summed E-state index contributed by atoms with van der Waals surface area (Å²) in [5.74, 6) is 2.05. The molecule has 1 aromatic heterocycles. The monoisotopic (exact) mass is 1480 g/mol. The van der Waals surface area contributed by atoms with Gasteiger partial charge < -0.3 is 33.3 Å². The van der Waals surface area contributed by atoms with Crippen molar-refractivity contribution >= 4 is 93.2 Å². The van der Waals surface area contributed by atoms with Gasteiger partial charge in [-0.1, -0.05) is 108 Å². The molecule has 1 aliphatic rings. The van der Waals surface area contributed by atoms with E-state index in [9.17, 15) is 50.1 Å². The molecule has 0 bridgehead atoms. The second-order valence-corrected chi connectivity index (χ2v) is 32.3. The largest absolute Gasteiger partial charge is 0.748 e. The van der Waals surface area contributed by atoms with Gasteiger partial charge in [0, 0.05) is 21.2 Å². The Labute approximate surface area is 584 Å². The van der Waals surface area contributed by atoms with E-state index in [1.807, 2.05) is 74.4 Å². The zero-order valence-electron chi connectivity index (χ0n) is 59.4. The Bertz CT molecular complexity index is 3640. The maximum atomic E-state index is 12.9. The molecule has 6 aromatic rings. The summed E-state index contributed by atoms with van der Waals surface area (Å²) in [6, 6.07) is 39.3. The van der Waals surface area contributed by atoms with Gasteiger partial charge in [0.15, 0.2) is 25.5 Å². The Morgan fingerprint density at radius 1 is 0.615 bits per heavy atom. The van der Waals surface area contributed by atoms with E-state index in [0.717, 1.165) is 37.8 Å². The fourth-order valence-corrected chi connectivity index (χ4v) is 12.0. The summed E-state index contributed by atoms with van der Waals surface area (Å²) in [5, 5.41) is 11.8. The third-order valence-corrected chi connectivity index (χ3v) is 20.9. The molecule has 5 aromatic carbocycles. The van der Waals surface area contributed by atoms with E-state index in [4.69, 9.17) is 24.1 Å². The molecular formula is C76H100F3IO14S2. The van der Waals surface area contributed by atoms with Crippen LogP contribution in [0.5, 0.6) is 11.5 Å². The first kappa shape index (κ1) is 83.7. The van der Waals surface area contributed by atoms with Gasteiger partial charge in [0.2, 0.25) is 6.10 Å². The van der Waals surface area contributed by atoms with Crippen molar-refractivity contribution in [2.45, 2.75) is 224 Å². The highest BCUT2D eigenvalue weighted by molar-refractivity contribution is 14.1. The number of alkyl halides is 3. The summed E-state index contributed by atoms with van der Waals surface area (Å²) in [7, 11) is -5.24. The topological polar surface area (TPSA) is 209 Å². The van der Waals surface area contributed by atoms with Crippen LogP contribution in [0.2, 0.25) is 0 Å². The molecule has 1 aliphatic carbocycles. The molecule has 2 atom stereocenters. The number of benzene rings is 5. The van der Waals surface area contributed by atoms with E-state index < -0.39 is 73.1 Å². The number of rotatable bonds is 19. The van der Waals surface area contributed by atoms with E-state index >= 15 is 0 Å². The van der Waals surface area contributed by atoms with Crippen molar-refractivity contribution in [2.24, 2.45) is 21.7 Å². The summed E-state index contributed by atoms with van der Waals surface area (Å²) in [6.45, 7) is 35.6. The lowest BCUT2D eigenvalue weighted by Crippen LogP contribution is -2.39. The zero-order chi connectivity index (χ0) is 73.1. The average Bonchev–Trinajstić information content (AvgIpc) is 1.60. The molecule has 2 unspecified atom stereocenters. The van der Waals surface area contributed by atoms with Crippen molar-refractivity contribution in [1.29, 1.82) is 0 Å². The smallest absolute Gasteiger partial charge is 0.426 e. The van der Waals surface area contributed by atoms with Crippen LogP contribution >= 0.6 is 33.1 Å². The van der Waals surface area contributed by atoms with Crippen molar-refractivity contribution in [2.75, 3.05) is 5.75 Å². The van der Waals surface area contributed by atoms with E-state index in [0.29, 0.717) is 34.5 Å². The van der Waals surface area contributed by atoms with Crippen LogP contribution in [-0.4, -0.2) is 82.8 Å². The number of carbonyl (C=O) groups is 5. The molecule has 0 radical (unpaired) electrons. The molecule has 0 spiro atoms. The molecular weight excluding hydrogens is 1380 g/mol. The lowest BCUT2D eigenvalue weighted by molar-refractivity contribution is -0.197. The standard InChI is InChI=1S/C20H34O4.C18H13S.C16H18F3IO7S.C12H22O2.C10H14O/c1-11-17(3,4)15(21)23-19(7,8)13-14-20(9,10)24-16(22)18(5,6)12-2;1-2-8-14(9-3-1)19-17-12-6-4-10-15(17)16-11-5-7-13-18(16)19;1-4-15(2,3)14(22)26-11-7-9(5-6-10(11)20)13(21)27-12(16(17,18)19)8-28(23,24)25;1-5-11(2,3)10(13)14-12(4)8-6-7-9-12;1-3-8(2)9-4-6-10(11)7-5-9/h11-12H2,1-10H3;1-13H;5-7,12H,4,8H2,1-3H3,(H,23,24,25);5-9H2,1-4H3;4-8,11H,3H2,1-2H3/q;+1;;;/p-1. The molecule has 528 valence electrons. The predicted molar refractivity (Wildman–Crippen MR) is 384 cm³/mol. The van der Waals surface area contributed by atoms with E-state index in [-0.39, 0.29) is 45.1 Å². The van der Waals surface area contributed by atoms with Crippen molar-refractivity contribution < 1.29 is 78.9 Å². The average molecular weight is 1490 g/mol. The van der Waals surface area contributed by atoms with Crippen LogP contribution in [-0.2, 0) is 48.2 Å². The van der Waals surface area contributed by atoms with Gasteiger partial charge in [-0.25, -0.2) is 13.2 Å². The molecule has 0 saturated heterocycles. The number of halogens is 4. The minimum Gasteiger partial charge on any atom is -0.748 e. The van der Waals surface area contributed by atoms with Crippen LogP contribution in [0, 0.1) is 37.1 Å². The van der Waals surface area contributed by atoms with Gasteiger partial charge in [-0.2, -0.15) is 13.2 Å². The van der Waals surface area contributed by atoms with Crippen LogP contribution < -0.4 is 4.74 Å². The van der Waals surface area contributed by atoms with Gasteiger partial charge in [0.25, 0.3) is 0 Å². The third-order valence-electron chi connectivity index (χ3n) is 17.0. The van der Waals surface area contributed by atoms with Crippen molar-refractivity contribution in [3.8, 4) is 28.2 Å². The summed E-state index contributed by atoms with van der Waals surface area (Å²) in [4.78, 5) is 61.9. The summed E-state index contributed by atoms with van der Waals surface area (Å²) >= 11 is 1.80. The summed E-state index contributed by atoms with van der Waals surface area (Å²) in [5.41, 5.74) is -3.45. The number of carbonyl (C=O) groups excluding carboxylic acids is 5. The number of phenolic OH excluding ortho intramolecular Hbond substituents is 1. The zero-order valence-corrected chi connectivity index (χ0v) is 63.1. The SMILES string of the molecule is CCC(C)(C)C(=O)OC(C)(C)C#CC(C)(C)OC(=O)C(C)(C)CC.CCC(C)(C)C(=O)OC1(C)CCCC1.CCC(C)(C)C(=O)Oc1cc(C(=O)OC(CS(=O)(=O)[O-])C(F)(F)F)ccc1I.CCC(C)c1ccc(O)cc1.c1ccc(-[s+]2c3ccccc3c3ccccc32)cc1. The van der Waals surface area contributed by atoms with Crippen LogP contribution in [0.1, 0.15) is 211 Å². The van der Waals surface area contributed by atoms with Crippen LogP contribution in [0.15, 0.2) is 121 Å². The molecule has 20 heteroatoms. The molecule has 96 heavy (non-hydrogen) atoms. The second-order valence-electron chi connectivity index (χ2n) is 27.8. The number of hydrogen-bond donors (Lipinski definition) is 1. The fourth-order valence-electron chi connectivity index (χ4n) is 8.48. The van der Waals surface area contributed by atoms with Crippen LogP contribution in [0.25, 0.3) is 25.1 Å². The molecule has 1 fully saturated rings. The van der Waals surface area contributed by atoms with Gasteiger partial charge in [0.1, 0.15) is 17.1 Å². The number of phenols is 1. The van der Waals surface area contributed by atoms with Gasteiger partial charge in [-0.3, -0.25) is 19.2 Å². The lowest BCUT2D eigenvalue weighted by atomic mass is 9.90. The normalized spacial score (nSPS) is 14.0. The highest BCUT2D eigenvalue weighted by atomic mass is 127. The second kappa shape index (κ2) is 35.3. The maximum absolute atomic E-state index is 12.9. The number of aromatic hydroxyl groups is 1. The van der Waals surface area contributed by atoms with Crippen molar-refractivity contribution in [3.63, 3.8) is 0 Å². The maximum Gasteiger partial charge on any atom is 0.426 e. The number of hydrogen-bond acceptors (Lipinski definition) is 14. The number of thiophene rings is 1. The Kier molecular flexibility index (Phi) is 30.8. The molecule has 7 rings (SSSR count). The number of esters is 5. The Hall–Kier alpha value is -6.54. The minimum absolute atomic E-state index is 0.0376. The van der Waals surface area contributed by atoms with Gasteiger partial charge >= 0.3 is 36.0 Å². The van der Waals surface area contributed by atoms with Crippen molar-refractivity contribution in [1.82, 2.24) is 0 Å². The highest BCUT2D eigenvalue weighted by Crippen LogP contribution is 2.48.